The lowest BCUT2D eigenvalue weighted by Crippen LogP contribution is -2.58. The number of methoxy groups -OCH3 is 1. The monoisotopic (exact) mass is 709 g/mol. The van der Waals surface area contributed by atoms with Crippen LogP contribution < -0.4 is 30.7 Å². The van der Waals surface area contributed by atoms with Crippen LogP contribution in [0, 0.1) is 11.7 Å². The molecule has 2 heterocycles. The predicted octanol–water partition coefficient (Wildman–Crippen LogP) is 2.40. The number of hydrogen-bond acceptors (Lipinski definition) is 9. The van der Waals surface area contributed by atoms with Gasteiger partial charge in [0.05, 0.1) is 19.4 Å². The van der Waals surface area contributed by atoms with E-state index in [9.17, 15) is 28.7 Å². The van der Waals surface area contributed by atoms with Crippen molar-refractivity contribution in [1.82, 2.24) is 35.9 Å². The average Bonchev–Trinajstić information content (AvgIpc) is 3.51. The number of nitrogens with one attached hydrogen (secondary N) is 4. The molecule has 4 atom stereocenters. The summed E-state index contributed by atoms with van der Waals surface area (Å²) in [7, 11) is 3.26. The van der Waals surface area contributed by atoms with Crippen molar-refractivity contribution in [3.63, 3.8) is 0 Å². The van der Waals surface area contributed by atoms with Crippen molar-refractivity contribution in [3.8, 4) is 17.2 Å². The Hall–Kier alpha value is -5.02. The van der Waals surface area contributed by atoms with Crippen LogP contribution in [0.3, 0.4) is 0 Å². The highest BCUT2D eigenvalue weighted by Crippen LogP contribution is 2.33. The van der Waals surface area contributed by atoms with E-state index < -0.39 is 41.7 Å². The Labute approximate surface area is 297 Å². The van der Waals surface area contributed by atoms with Gasteiger partial charge in [0.1, 0.15) is 23.7 Å². The number of aliphatic hydroxyl groups excluding tert-OH is 1. The van der Waals surface area contributed by atoms with Gasteiger partial charge < -0.3 is 35.8 Å². The number of aliphatic hydroxyl groups is 1. The molecular formula is C36H48FN7O7. The van der Waals surface area contributed by atoms with Gasteiger partial charge in [-0.3, -0.25) is 28.8 Å². The van der Waals surface area contributed by atoms with Crippen LogP contribution in [-0.4, -0.2) is 88.3 Å². The van der Waals surface area contributed by atoms with Crippen LogP contribution in [0.15, 0.2) is 48.8 Å². The molecule has 0 saturated carbocycles. The molecule has 0 saturated heterocycles. The maximum Gasteiger partial charge on any atom is 0.251 e. The fourth-order valence-electron chi connectivity index (χ4n) is 5.68. The van der Waals surface area contributed by atoms with Gasteiger partial charge in [-0.25, -0.2) is 4.39 Å². The van der Waals surface area contributed by atoms with Gasteiger partial charge in [0.15, 0.2) is 11.5 Å². The van der Waals surface area contributed by atoms with Gasteiger partial charge in [0.2, 0.25) is 17.7 Å². The molecule has 1 aliphatic heterocycles. The molecule has 2 aromatic carbocycles. The molecule has 4 rings (SSSR count). The van der Waals surface area contributed by atoms with Crippen molar-refractivity contribution in [2.45, 2.75) is 71.3 Å². The van der Waals surface area contributed by atoms with E-state index in [1.165, 1.54) is 32.2 Å². The minimum atomic E-state index is -1.30. The maximum atomic E-state index is 14.8. The minimum absolute atomic E-state index is 0.0614. The summed E-state index contributed by atoms with van der Waals surface area (Å²) in [5.74, 6) is -2.36. The number of hydrogen-bond donors (Lipinski definition) is 5. The molecule has 15 heteroatoms. The number of benzene rings is 2. The van der Waals surface area contributed by atoms with E-state index in [0.29, 0.717) is 49.4 Å². The Morgan fingerprint density at radius 3 is 2.51 bits per heavy atom. The largest absolute Gasteiger partial charge is 0.493 e. The maximum absolute atomic E-state index is 14.8. The van der Waals surface area contributed by atoms with Crippen molar-refractivity contribution in [1.29, 1.82) is 0 Å². The number of aromatic nitrogens is 2. The number of aryl methyl sites for hydroxylation is 1. The third-order valence-corrected chi connectivity index (χ3v) is 8.68. The summed E-state index contributed by atoms with van der Waals surface area (Å²) in [5.41, 5.74) is 1.62. The quantitative estimate of drug-likeness (QED) is 0.257. The van der Waals surface area contributed by atoms with E-state index in [1.807, 2.05) is 20.2 Å². The van der Waals surface area contributed by atoms with Crippen LogP contribution in [0.4, 0.5) is 4.39 Å². The highest BCUT2D eigenvalue weighted by Gasteiger charge is 2.32. The van der Waals surface area contributed by atoms with Gasteiger partial charge in [-0.15, -0.1) is 0 Å². The van der Waals surface area contributed by atoms with Crippen LogP contribution in [0.5, 0.6) is 17.2 Å². The molecule has 1 aromatic heterocycles. The lowest BCUT2D eigenvalue weighted by Gasteiger charge is -2.28. The van der Waals surface area contributed by atoms with Gasteiger partial charge in [-0.1, -0.05) is 20.3 Å². The number of ether oxygens (including phenoxy) is 2. The van der Waals surface area contributed by atoms with Gasteiger partial charge in [-0.2, -0.15) is 5.10 Å². The zero-order valence-corrected chi connectivity index (χ0v) is 29.7. The Morgan fingerprint density at radius 1 is 1.04 bits per heavy atom. The lowest BCUT2D eigenvalue weighted by molar-refractivity contribution is -0.135. The Balaban J connectivity index is 1.64. The average molecular weight is 710 g/mol. The van der Waals surface area contributed by atoms with Crippen molar-refractivity contribution in [2.75, 3.05) is 26.7 Å². The van der Waals surface area contributed by atoms with Crippen molar-refractivity contribution >= 4 is 23.6 Å². The van der Waals surface area contributed by atoms with Crippen molar-refractivity contribution in [2.24, 2.45) is 13.0 Å². The number of amides is 4. The molecule has 0 spiro atoms. The van der Waals surface area contributed by atoms with Crippen LogP contribution in [0.1, 0.15) is 61.5 Å². The summed E-state index contributed by atoms with van der Waals surface area (Å²) in [6.45, 7) is 6.68. The minimum Gasteiger partial charge on any atom is -0.493 e. The third-order valence-electron chi connectivity index (χ3n) is 8.68. The van der Waals surface area contributed by atoms with Crippen molar-refractivity contribution in [3.05, 3.63) is 71.3 Å². The molecular weight excluding hydrogens is 661 g/mol. The first-order valence-corrected chi connectivity index (χ1v) is 17.1. The summed E-state index contributed by atoms with van der Waals surface area (Å²) in [6, 6.07) is 6.33. The van der Waals surface area contributed by atoms with E-state index in [4.69, 9.17) is 9.47 Å². The van der Waals surface area contributed by atoms with Gasteiger partial charge in [0, 0.05) is 63.0 Å². The predicted molar refractivity (Wildman–Crippen MR) is 186 cm³/mol. The highest BCUT2D eigenvalue weighted by molar-refractivity contribution is 5.95. The standard InChI is InChI=1S/C36H48FN7O7/c1-6-22(2)32-35(48)39-18-24-14-27(37)17-28(15-24)51-30-16-26(9-10-29(30)50-5)34(47)38-11-13-44(21-25-19-40-43(4)20-25)12-7-8-31(46)41-33(23(3)45)36(49)42-32/h9-10,14-17,19-20,22-23,32-33,45H,6-8,11-13,18,21H2,1-5H3,(H,38,47)(H,39,48)(H,41,46)(H,42,49)/t22-,23+,32-,33-/m0/s1. The second kappa shape index (κ2) is 18.3. The molecule has 1 aliphatic rings. The van der Waals surface area contributed by atoms with E-state index in [-0.39, 0.29) is 42.8 Å². The zero-order valence-electron chi connectivity index (χ0n) is 29.7. The topological polar surface area (TPSA) is 176 Å². The number of carbonyl (C=O) groups is 4. The van der Waals surface area contributed by atoms with Crippen LogP contribution in [0.25, 0.3) is 0 Å². The number of halogens is 1. The van der Waals surface area contributed by atoms with E-state index >= 15 is 0 Å². The van der Waals surface area contributed by atoms with Crippen molar-refractivity contribution < 1.29 is 38.1 Å². The molecule has 5 N–H and O–H groups in total. The zero-order chi connectivity index (χ0) is 37.1. The first-order chi connectivity index (χ1) is 24.4. The lowest BCUT2D eigenvalue weighted by atomic mass is 9.97. The fourth-order valence-corrected chi connectivity index (χ4v) is 5.68. The Bertz CT molecular complexity index is 1680. The summed E-state index contributed by atoms with van der Waals surface area (Å²) >= 11 is 0. The SMILES string of the molecule is CC[C@H](C)[C@@H]1NC(=O)[C@H]([C@@H](C)O)NC(=O)CCCN(Cc2cnn(C)c2)CCNC(=O)c2ccc(OC)c(c2)Oc2cc(F)cc(c2)CNC1=O. The molecule has 14 nitrogen and oxygen atoms in total. The van der Waals surface area contributed by atoms with E-state index in [0.717, 1.165) is 5.56 Å². The van der Waals surface area contributed by atoms with E-state index in [1.54, 1.807) is 36.0 Å². The van der Waals surface area contributed by atoms with Crippen LogP contribution in [0.2, 0.25) is 0 Å². The molecule has 4 bridgehead atoms. The second-order valence-electron chi connectivity index (χ2n) is 12.8. The van der Waals surface area contributed by atoms with Crippen LogP contribution >= 0.6 is 0 Å². The first-order valence-electron chi connectivity index (χ1n) is 17.1. The summed E-state index contributed by atoms with van der Waals surface area (Å²) < 4.78 is 27.9. The number of fused-ring (bicyclic) bond motifs is 4. The van der Waals surface area contributed by atoms with Crippen LogP contribution in [-0.2, 0) is 34.5 Å². The molecule has 51 heavy (non-hydrogen) atoms. The van der Waals surface area contributed by atoms with Gasteiger partial charge in [0.25, 0.3) is 5.91 Å². The second-order valence-corrected chi connectivity index (χ2v) is 12.8. The number of rotatable bonds is 6. The highest BCUT2D eigenvalue weighted by atomic mass is 19.1. The smallest absolute Gasteiger partial charge is 0.251 e. The molecule has 4 amide bonds. The Morgan fingerprint density at radius 2 is 1.82 bits per heavy atom. The molecule has 0 unspecified atom stereocenters. The van der Waals surface area contributed by atoms with Gasteiger partial charge in [-0.05, 0) is 61.7 Å². The van der Waals surface area contributed by atoms with Gasteiger partial charge >= 0.3 is 0 Å². The number of carbonyl (C=O) groups excluding carboxylic acids is 4. The fraction of sp³-hybridized carbons (Fsp3) is 0.472. The Kier molecular flexibility index (Phi) is 13.9. The summed E-state index contributed by atoms with van der Waals surface area (Å²) in [6.07, 6.45) is 3.41. The van der Waals surface area contributed by atoms with E-state index in [2.05, 4.69) is 31.3 Å². The molecule has 0 radical (unpaired) electrons. The molecule has 0 aliphatic carbocycles. The summed E-state index contributed by atoms with van der Waals surface area (Å²) in [5, 5.41) is 25.7. The summed E-state index contributed by atoms with van der Waals surface area (Å²) in [4.78, 5) is 55.1. The first kappa shape index (κ1) is 38.8. The molecule has 0 fully saturated rings. The third kappa shape index (κ3) is 11.2. The molecule has 276 valence electrons. The molecule has 3 aromatic rings. The number of nitrogens with zero attached hydrogens (tertiary/aromatic N) is 3. The normalized spacial score (nSPS) is 20.1.